The second kappa shape index (κ2) is 1.98. The lowest BCUT2D eigenvalue weighted by Gasteiger charge is -1.95. The van der Waals surface area contributed by atoms with Crippen molar-refractivity contribution in [2.24, 2.45) is 0 Å². The lowest BCUT2D eigenvalue weighted by atomic mass is 10.4. The van der Waals surface area contributed by atoms with Gasteiger partial charge in [0.05, 0.1) is 17.6 Å². The molecule has 0 fully saturated rings. The fourth-order valence-electron chi connectivity index (χ4n) is 1.04. The quantitative estimate of drug-likeness (QED) is 0.535. The van der Waals surface area contributed by atoms with Crippen molar-refractivity contribution in [1.82, 2.24) is 25.0 Å². The van der Waals surface area contributed by atoms with E-state index in [1.165, 1.54) is 0 Å². The molecule has 2 rings (SSSR count). The largest absolute Gasteiger partial charge is 0.253 e. The molecule has 0 unspecified atom stereocenters. The van der Waals surface area contributed by atoms with Gasteiger partial charge in [0.1, 0.15) is 0 Å². The molecule has 11 heavy (non-hydrogen) atoms. The van der Waals surface area contributed by atoms with Crippen LogP contribution in [-0.4, -0.2) is 25.0 Å². The van der Waals surface area contributed by atoms with Gasteiger partial charge in [-0.3, -0.25) is 4.98 Å². The molecule has 0 aromatic carbocycles. The van der Waals surface area contributed by atoms with E-state index in [-0.39, 0.29) is 0 Å². The van der Waals surface area contributed by atoms with Crippen LogP contribution in [0.4, 0.5) is 0 Å². The minimum atomic E-state index is 0.718. The Morgan fingerprint density at radius 1 is 1.36 bits per heavy atom. The van der Waals surface area contributed by atoms with Gasteiger partial charge in [0, 0.05) is 0 Å². The lowest BCUT2D eigenvalue weighted by Crippen LogP contribution is -1.95. The highest BCUT2D eigenvalue weighted by Gasteiger charge is 2.01. The number of tetrazole rings is 1. The first-order valence-corrected chi connectivity index (χ1v) is 3.29. The molecule has 0 aliphatic rings. The fraction of sp³-hybridized carbons (Fsp3) is 0.333. The van der Waals surface area contributed by atoms with Gasteiger partial charge in [-0.2, -0.15) is 4.52 Å². The predicted molar refractivity (Wildman–Crippen MR) is 38.1 cm³/mol. The molecule has 0 bridgehead atoms. The van der Waals surface area contributed by atoms with Crippen molar-refractivity contribution in [2.45, 2.75) is 13.8 Å². The Kier molecular flexibility index (Phi) is 1.12. The van der Waals surface area contributed by atoms with Crippen LogP contribution < -0.4 is 0 Å². The van der Waals surface area contributed by atoms with E-state index in [2.05, 4.69) is 20.5 Å². The Labute approximate surface area is 63.1 Å². The summed E-state index contributed by atoms with van der Waals surface area (Å²) in [5.74, 6) is 0. The zero-order valence-corrected chi connectivity index (χ0v) is 6.31. The van der Waals surface area contributed by atoms with E-state index in [1.807, 2.05) is 13.8 Å². The molecule has 0 N–H and O–H groups in total. The van der Waals surface area contributed by atoms with Crippen LogP contribution in [0, 0.1) is 13.8 Å². The van der Waals surface area contributed by atoms with Gasteiger partial charge < -0.3 is 0 Å². The highest BCUT2D eigenvalue weighted by Crippen LogP contribution is 2.01. The van der Waals surface area contributed by atoms with Crippen molar-refractivity contribution in [1.29, 1.82) is 0 Å². The summed E-state index contributed by atoms with van der Waals surface area (Å²) in [5.41, 5.74) is 2.49. The van der Waals surface area contributed by atoms with Crippen LogP contribution in [0.5, 0.6) is 0 Å². The number of fused-ring (bicyclic) bond motifs is 1. The minimum absolute atomic E-state index is 0.718. The zero-order valence-electron chi connectivity index (χ0n) is 6.31. The van der Waals surface area contributed by atoms with Crippen LogP contribution in [0.3, 0.4) is 0 Å². The molecule has 5 nitrogen and oxygen atoms in total. The number of aromatic nitrogens is 5. The Balaban J connectivity index is 2.91. The average Bonchev–Trinajstić information content (AvgIpc) is 2.34. The molecule has 0 radical (unpaired) electrons. The molecule has 0 saturated carbocycles. The van der Waals surface area contributed by atoms with Gasteiger partial charge in [0.25, 0.3) is 0 Å². The van der Waals surface area contributed by atoms with E-state index < -0.39 is 0 Å². The minimum Gasteiger partial charge on any atom is -0.253 e. The first kappa shape index (κ1) is 6.21. The van der Waals surface area contributed by atoms with Gasteiger partial charge in [-0.15, -0.1) is 5.10 Å². The molecular weight excluding hydrogens is 143 g/mol. The van der Waals surface area contributed by atoms with Crippen molar-refractivity contribution < 1.29 is 0 Å². The summed E-state index contributed by atoms with van der Waals surface area (Å²) in [5, 5.41) is 11.1. The second-order valence-corrected chi connectivity index (χ2v) is 2.41. The van der Waals surface area contributed by atoms with E-state index >= 15 is 0 Å². The number of hydrogen-bond donors (Lipinski definition) is 0. The van der Waals surface area contributed by atoms with Crippen LogP contribution >= 0.6 is 0 Å². The van der Waals surface area contributed by atoms with Gasteiger partial charge in [0.15, 0.2) is 5.65 Å². The molecule has 0 atom stereocenters. The topological polar surface area (TPSA) is 56.0 Å². The summed E-state index contributed by atoms with van der Waals surface area (Å²) in [6.45, 7) is 3.80. The van der Waals surface area contributed by atoms with E-state index in [4.69, 9.17) is 0 Å². The highest BCUT2D eigenvalue weighted by atomic mass is 15.9. The first-order chi connectivity index (χ1) is 5.27. The molecule has 0 aliphatic carbocycles. The third-order valence-electron chi connectivity index (χ3n) is 1.47. The van der Waals surface area contributed by atoms with Crippen molar-refractivity contribution >= 4 is 5.65 Å². The lowest BCUT2D eigenvalue weighted by molar-refractivity contribution is 0.813. The van der Waals surface area contributed by atoms with Gasteiger partial charge >= 0.3 is 0 Å². The van der Waals surface area contributed by atoms with Gasteiger partial charge in [-0.25, -0.2) is 0 Å². The van der Waals surface area contributed by atoms with Crippen LogP contribution in [0.25, 0.3) is 5.65 Å². The zero-order chi connectivity index (χ0) is 7.84. The van der Waals surface area contributed by atoms with E-state index in [9.17, 15) is 0 Å². The van der Waals surface area contributed by atoms with Crippen LogP contribution in [0.2, 0.25) is 0 Å². The van der Waals surface area contributed by atoms with Gasteiger partial charge in [0.2, 0.25) is 0 Å². The number of aryl methyl sites for hydroxylation is 2. The third kappa shape index (κ3) is 0.849. The number of nitrogens with zero attached hydrogens (tertiary/aromatic N) is 5. The summed E-state index contributed by atoms with van der Waals surface area (Å²) in [6.07, 6.45) is 1.79. The second-order valence-electron chi connectivity index (χ2n) is 2.41. The number of hydrogen-bond acceptors (Lipinski definition) is 4. The molecule has 5 heteroatoms. The van der Waals surface area contributed by atoms with E-state index in [1.54, 1.807) is 10.7 Å². The van der Waals surface area contributed by atoms with Gasteiger partial charge in [-0.1, -0.05) is 0 Å². The van der Waals surface area contributed by atoms with Crippen LogP contribution in [0.15, 0.2) is 6.20 Å². The number of rotatable bonds is 0. The van der Waals surface area contributed by atoms with Crippen molar-refractivity contribution in [2.75, 3.05) is 0 Å². The maximum atomic E-state index is 4.21. The maximum Gasteiger partial charge on any atom is 0.200 e. The molecule has 0 amide bonds. The summed E-state index contributed by atoms with van der Waals surface area (Å²) in [4.78, 5) is 4.21. The third-order valence-corrected chi connectivity index (χ3v) is 1.47. The van der Waals surface area contributed by atoms with Gasteiger partial charge in [-0.05, 0) is 24.3 Å². The monoisotopic (exact) mass is 150 g/mol. The van der Waals surface area contributed by atoms with Crippen molar-refractivity contribution in [3.63, 3.8) is 0 Å². The molecule has 2 heterocycles. The summed E-state index contributed by atoms with van der Waals surface area (Å²) >= 11 is 0. The van der Waals surface area contributed by atoms with E-state index in [0.29, 0.717) is 0 Å². The summed E-state index contributed by atoms with van der Waals surface area (Å²) < 4.78 is 1.62. The SMILES string of the molecule is Cc1c[15n]2nnnc2c(C)n1. The summed E-state index contributed by atoms with van der Waals surface area (Å²) in [7, 11) is 0. The van der Waals surface area contributed by atoms with E-state index in [0.717, 1.165) is 17.0 Å². The van der Waals surface area contributed by atoms with Crippen LogP contribution in [0.1, 0.15) is 11.4 Å². The standard InChI is InChI=1S/C6H7N5/c1-4-3-11-6(5(2)7-4)8-9-10-11/h3H,1-2H3/i11+1. The Hall–Kier alpha value is -1.52. The molecule has 0 spiro atoms. The van der Waals surface area contributed by atoms with Crippen molar-refractivity contribution in [3.8, 4) is 0 Å². The maximum absolute atomic E-state index is 4.21. The first-order valence-electron chi connectivity index (χ1n) is 3.29. The Bertz CT molecular complexity index is 391. The molecule has 0 aliphatic heterocycles. The van der Waals surface area contributed by atoms with Crippen LogP contribution in [-0.2, 0) is 0 Å². The highest BCUT2D eigenvalue weighted by molar-refractivity contribution is 5.39. The Morgan fingerprint density at radius 2 is 2.18 bits per heavy atom. The molecule has 0 saturated heterocycles. The smallest absolute Gasteiger partial charge is 0.200 e. The summed E-state index contributed by atoms with van der Waals surface area (Å²) in [6, 6.07) is 0. The molecule has 2 aromatic rings. The molecule has 56 valence electrons. The average molecular weight is 150 g/mol. The molecular formula is C6H7N5. The fourth-order valence-corrected chi connectivity index (χ4v) is 1.04. The van der Waals surface area contributed by atoms with Crippen molar-refractivity contribution in [3.05, 3.63) is 17.6 Å². The predicted octanol–water partition coefficient (Wildman–Crippen LogP) is 0.136. The molecule has 2 aromatic heterocycles. The Morgan fingerprint density at radius 3 is 3.00 bits per heavy atom. The normalized spacial score (nSPS) is 10.7.